The third kappa shape index (κ3) is 2.27. The Kier molecular flexibility index (Phi) is 3.09. The van der Waals surface area contributed by atoms with Crippen LogP contribution in [0.5, 0.6) is 0 Å². The van der Waals surface area contributed by atoms with Crippen LogP contribution in [-0.4, -0.2) is 28.8 Å². The van der Waals surface area contributed by atoms with Crippen LogP contribution in [0.15, 0.2) is 12.1 Å². The largest absolute Gasteiger partial charge is 0.340 e. The first-order valence-corrected chi connectivity index (χ1v) is 7.56. The fourth-order valence-corrected chi connectivity index (χ4v) is 4.02. The number of piperazine rings is 1. The SMILES string of the molecule is Cc1ccc(CN2CC(=O)NC3(CCCC3)C2=O)s1. The van der Waals surface area contributed by atoms with Gasteiger partial charge in [-0.05, 0) is 31.9 Å². The van der Waals surface area contributed by atoms with E-state index in [1.165, 1.54) is 4.88 Å². The Morgan fingerprint density at radius 3 is 2.68 bits per heavy atom. The van der Waals surface area contributed by atoms with Gasteiger partial charge in [0.05, 0.1) is 6.54 Å². The van der Waals surface area contributed by atoms with Crippen LogP contribution in [0.3, 0.4) is 0 Å². The summed E-state index contributed by atoms with van der Waals surface area (Å²) >= 11 is 1.69. The van der Waals surface area contributed by atoms with E-state index >= 15 is 0 Å². The maximum atomic E-state index is 12.6. The molecule has 1 saturated heterocycles. The van der Waals surface area contributed by atoms with Gasteiger partial charge in [0, 0.05) is 9.75 Å². The van der Waals surface area contributed by atoms with Crippen molar-refractivity contribution in [3.05, 3.63) is 21.9 Å². The summed E-state index contributed by atoms with van der Waals surface area (Å²) in [5.74, 6) is 0.0884. The van der Waals surface area contributed by atoms with Crippen molar-refractivity contribution in [2.75, 3.05) is 6.54 Å². The van der Waals surface area contributed by atoms with Crippen LogP contribution in [0.4, 0.5) is 0 Å². The van der Waals surface area contributed by atoms with Crippen LogP contribution in [0.1, 0.15) is 35.4 Å². The highest BCUT2D eigenvalue weighted by Gasteiger charge is 2.48. The summed E-state index contributed by atoms with van der Waals surface area (Å²) in [5, 5.41) is 2.94. The Morgan fingerprint density at radius 2 is 2.05 bits per heavy atom. The fraction of sp³-hybridized carbons (Fsp3) is 0.571. The number of carbonyl (C=O) groups is 2. The molecule has 102 valence electrons. The average Bonchev–Trinajstić information content (AvgIpc) is 2.96. The van der Waals surface area contributed by atoms with Crippen molar-refractivity contribution >= 4 is 23.2 Å². The van der Waals surface area contributed by atoms with Crippen molar-refractivity contribution in [1.29, 1.82) is 0 Å². The monoisotopic (exact) mass is 278 g/mol. The summed E-state index contributed by atoms with van der Waals surface area (Å²) in [7, 11) is 0. The molecule has 0 atom stereocenters. The second-order valence-corrected chi connectivity index (χ2v) is 6.88. The molecule has 0 aromatic carbocycles. The predicted molar refractivity (Wildman–Crippen MR) is 73.8 cm³/mol. The molecule has 2 amide bonds. The van der Waals surface area contributed by atoms with Crippen molar-refractivity contribution in [2.24, 2.45) is 0 Å². The molecule has 1 saturated carbocycles. The molecule has 0 radical (unpaired) electrons. The molecule has 1 spiro atoms. The number of carbonyl (C=O) groups excluding carboxylic acids is 2. The number of rotatable bonds is 2. The van der Waals surface area contributed by atoms with Crippen molar-refractivity contribution in [2.45, 2.75) is 44.7 Å². The lowest BCUT2D eigenvalue weighted by Gasteiger charge is -2.39. The summed E-state index contributed by atoms with van der Waals surface area (Å²) in [4.78, 5) is 28.6. The smallest absolute Gasteiger partial charge is 0.249 e. The lowest BCUT2D eigenvalue weighted by molar-refractivity contribution is -0.150. The molecule has 2 heterocycles. The molecule has 3 rings (SSSR count). The summed E-state index contributed by atoms with van der Waals surface area (Å²) in [6.45, 7) is 2.81. The Hall–Kier alpha value is -1.36. The average molecular weight is 278 g/mol. The van der Waals surface area contributed by atoms with Gasteiger partial charge >= 0.3 is 0 Å². The molecule has 2 aliphatic rings. The molecule has 5 heteroatoms. The fourth-order valence-electron chi connectivity index (χ4n) is 3.11. The second kappa shape index (κ2) is 4.63. The minimum atomic E-state index is -0.596. The zero-order valence-electron chi connectivity index (χ0n) is 11.1. The zero-order chi connectivity index (χ0) is 13.5. The first kappa shape index (κ1) is 12.7. The summed E-state index contributed by atoms with van der Waals surface area (Å²) in [6, 6.07) is 4.10. The van der Waals surface area contributed by atoms with Crippen LogP contribution < -0.4 is 5.32 Å². The van der Waals surface area contributed by atoms with Crippen molar-refractivity contribution < 1.29 is 9.59 Å². The number of nitrogens with zero attached hydrogens (tertiary/aromatic N) is 1. The van der Waals surface area contributed by atoms with Gasteiger partial charge in [-0.25, -0.2) is 0 Å². The third-order valence-corrected chi connectivity index (χ3v) is 5.00. The molecule has 19 heavy (non-hydrogen) atoms. The number of hydrogen-bond acceptors (Lipinski definition) is 3. The number of nitrogens with one attached hydrogen (secondary N) is 1. The Morgan fingerprint density at radius 1 is 1.32 bits per heavy atom. The van der Waals surface area contributed by atoms with Gasteiger partial charge in [-0.2, -0.15) is 0 Å². The van der Waals surface area contributed by atoms with E-state index < -0.39 is 5.54 Å². The first-order chi connectivity index (χ1) is 9.09. The standard InChI is InChI=1S/C14H18N2O2S/c1-10-4-5-11(19-10)8-16-9-12(17)15-14(13(16)18)6-2-3-7-14/h4-5H,2-3,6-9H2,1H3,(H,15,17). The quantitative estimate of drug-likeness (QED) is 0.897. The van der Waals surface area contributed by atoms with E-state index in [0.717, 1.165) is 30.6 Å². The number of hydrogen-bond donors (Lipinski definition) is 1. The van der Waals surface area contributed by atoms with E-state index in [2.05, 4.69) is 18.3 Å². The molecule has 2 fully saturated rings. The summed E-state index contributed by atoms with van der Waals surface area (Å²) in [6.07, 6.45) is 3.63. The van der Waals surface area contributed by atoms with Gasteiger partial charge in [-0.15, -0.1) is 11.3 Å². The minimum Gasteiger partial charge on any atom is -0.340 e. The van der Waals surface area contributed by atoms with Gasteiger partial charge in [-0.1, -0.05) is 12.8 Å². The molecule has 1 N–H and O–H groups in total. The van der Waals surface area contributed by atoms with E-state index in [4.69, 9.17) is 0 Å². The van der Waals surface area contributed by atoms with Crippen LogP contribution in [0.2, 0.25) is 0 Å². The van der Waals surface area contributed by atoms with Crippen LogP contribution in [0.25, 0.3) is 0 Å². The number of amides is 2. The van der Waals surface area contributed by atoms with Crippen molar-refractivity contribution in [1.82, 2.24) is 10.2 Å². The van der Waals surface area contributed by atoms with Gasteiger partial charge in [0.1, 0.15) is 12.1 Å². The van der Waals surface area contributed by atoms with E-state index in [1.54, 1.807) is 16.2 Å². The van der Waals surface area contributed by atoms with E-state index in [-0.39, 0.29) is 18.4 Å². The van der Waals surface area contributed by atoms with Gasteiger partial charge in [-0.3, -0.25) is 9.59 Å². The van der Waals surface area contributed by atoms with Crippen molar-refractivity contribution in [3.63, 3.8) is 0 Å². The molecule has 1 aromatic heterocycles. The zero-order valence-corrected chi connectivity index (χ0v) is 11.9. The molecule has 1 aliphatic carbocycles. The van der Waals surface area contributed by atoms with Crippen LogP contribution >= 0.6 is 11.3 Å². The number of aryl methyl sites for hydroxylation is 1. The van der Waals surface area contributed by atoms with Crippen molar-refractivity contribution in [3.8, 4) is 0 Å². The topological polar surface area (TPSA) is 49.4 Å². The van der Waals surface area contributed by atoms with Gasteiger partial charge < -0.3 is 10.2 Å². The predicted octanol–water partition coefficient (Wildman–Crippen LogP) is 1.83. The summed E-state index contributed by atoms with van der Waals surface area (Å²) < 4.78 is 0. The molecule has 0 unspecified atom stereocenters. The van der Waals surface area contributed by atoms with Crippen LogP contribution in [0, 0.1) is 6.92 Å². The molecule has 4 nitrogen and oxygen atoms in total. The maximum Gasteiger partial charge on any atom is 0.249 e. The van der Waals surface area contributed by atoms with Gasteiger partial charge in [0.2, 0.25) is 11.8 Å². The molecular formula is C14H18N2O2S. The molecular weight excluding hydrogens is 260 g/mol. The maximum absolute atomic E-state index is 12.6. The lowest BCUT2D eigenvalue weighted by Crippen LogP contribution is -2.65. The molecule has 1 aromatic rings. The normalized spacial score (nSPS) is 22.1. The Labute approximate surface area is 116 Å². The molecule has 1 aliphatic heterocycles. The van der Waals surface area contributed by atoms with E-state index in [1.807, 2.05) is 6.07 Å². The highest BCUT2D eigenvalue weighted by atomic mass is 32.1. The van der Waals surface area contributed by atoms with Crippen LogP contribution in [-0.2, 0) is 16.1 Å². The first-order valence-electron chi connectivity index (χ1n) is 6.75. The Balaban J connectivity index is 1.80. The van der Waals surface area contributed by atoms with Gasteiger partial charge in [0.15, 0.2) is 0 Å². The number of thiophene rings is 1. The lowest BCUT2D eigenvalue weighted by atomic mass is 9.93. The third-order valence-electron chi connectivity index (χ3n) is 4.01. The second-order valence-electron chi connectivity index (χ2n) is 5.51. The van der Waals surface area contributed by atoms with E-state index in [0.29, 0.717) is 6.54 Å². The minimum absolute atomic E-state index is 0.0187. The summed E-state index contributed by atoms with van der Waals surface area (Å²) in [5.41, 5.74) is -0.596. The highest BCUT2D eigenvalue weighted by molar-refractivity contribution is 7.11. The van der Waals surface area contributed by atoms with E-state index in [9.17, 15) is 9.59 Å². The highest BCUT2D eigenvalue weighted by Crippen LogP contribution is 2.34. The molecule has 0 bridgehead atoms. The Bertz CT molecular complexity index is 517. The van der Waals surface area contributed by atoms with Gasteiger partial charge in [0.25, 0.3) is 0 Å².